The van der Waals surface area contributed by atoms with E-state index in [1.807, 2.05) is 0 Å². The van der Waals surface area contributed by atoms with Crippen molar-refractivity contribution in [2.75, 3.05) is 19.4 Å². The van der Waals surface area contributed by atoms with Gasteiger partial charge in [0.1, 0.15) is 5.75 Å². The van der Waals surface area contributed by atoms with Crippen LogP contribution in [0.2, 0.25) is 0 Å². The molecule has 0 radical (unpaired) electrons. The number of hydrogen-bond acceptors (Lipinski definition) is 11. The van der Waals surface area contributed by atoms with Crippen LogP contribution in [0.5, 0.6) is 5.75 Å². The van der Waals surface area contributed by atoms with E-state index < -0.39 is 76.0 Å². The van der Waals surface area contributed by atoms with Gasteiger partial charge in [-0.05, 0) is 44.5 Å². The van der Waals surface area contributed by atoms with Crippen molar-refractivity contribution in [3.8, 4) is 5.75 Å². The summed E-state index contributed by atoms with van der Waals surface area (Å²) in [6, 6.07) is 3.04. The van der Waals surface area contributed by atoms with Crippen molar-refractivity contribution in [3.05, 3.63) is 41.3 Å². The number of aromatic hydroxyl groups is 1. The molecule has 1 aromatic heterocycles. The third kappa shape index (κ3) is 3.42. The van der Waals surface area contributed by atoms with E-state index in [4.69, 9.17) is 10.3 Å². The summed E-state index contributed by atoms with van der Waals surface area (Å²) in [5.74, 6) is -12.3. The van der Waals surface area contributed by atoms with Crippen molar-refractivity contribution in [1.29, 1.82) is 0 Å². The average molecular weight is 524 g/mol. The number of carbonyl (C=O) groups is 6. The molecule has 0 saturated heterocycles. The van der Waals surface area contributed by atoms with Gasteiger partial charge in [0.05, 0.1) is 29.4 Å². The molecule has 5 N–H and O–H groups in total. The Morgan fingerprint density at radius 3 is 2.47 bits per heavy atom. The number of aromatic nitrogens is 1. The lowest BCUT2D eigenvalue weighted by Gasteiger charge is -2.52. The van der Waals surface area contributed by atoms with Gasteiger partial charge in [-0.15, -0.1) is 0 Å². The fraction of sp³-hybridized carbons (Fsp3) is 0.400. The molecule has 2 amide bonds. The van der Waals surface area contributed by atoms with Crippen LogP contribution in [0.15, 0.2) is 28.9 Å². The van der Waals surface area contributed by atoms with Gasteiger partial charge in [-0.2, -0.15) is 0 Å². The number of nitrogens with one attached hydrogen (secondary N) is 1. The van der Waals surface area contributed by atoms with Crippen molar-refractivity contribution < 1.29 is 43.5 Å². The number of phenolic OH excluding ortho intramolecular Hbond substituents is 1. The smallest absolute Gasteiger partial charge is 0.294 e. The molecule has 0 bridgehead atoms. The largest absolute Gasteiger partial charge is 0.505 e. The number of ketones is 4. The maximum Gasteiger partial charge on any atom is 0.294 e. The van der Waals surface area contributed by atoms with E-state index in [0.29, 0.717) is 5.56 Å². The van der Waals surface area contributed by atoms with Gasteiger partial charge < -0.3 is 25.8 Å². The second-order valence-corrected chi connectivity index (χ2v) is 10.1. The number of anilines is 1. The fourth-order valence-corrected chi connectivity index (χ4v) is 6.20. The molecule has 198 valence electrons. The molecule has 0 spiro atoms. The van der Waals surface area contributed by atoms with Crippen LogP contribution in [0.1, 0.15) is 32.9 Å². The Bertz CT molecular complexity index is 1420. The molecule has 2 aromatic rings. The van der Waals surface area contributed by atoms with E-state index in [-0.39, 0.29) is 29.9 Å². The molecular weight excluding hydrogens is 500 g/mol. The van der Waals surface area contributed by atoms with E-state index in [2.05, 4.69) is 10.5 Å². The molecule has 6 atom stereocenters. The van der Waals surface area contributed by atoms with Crippen LogP contribution in [-0.2, 0) is 25.6 Å². The normalized spacial score (nSPS) is 30.5. The van der Waals surface area contributed by atoms with Crippen LogP contribution in [0.4, 0.5) is 5.69 Å². The van der Waals surface area contributed by atoms with E-state index in [1.54, 1.807) is 0 Å². The first-order chi connectivity index (χ1) is 17.9. The monoisotopic (exact) mass is 524 g/mol. The second-order valence-electron chi connectivity index (χ2n) is 10.1. The minimum absolute atomic E-state index is 0.0470. The summed E-state index contributed by atoms with van der Waals surface area (Å²) in [7, 11) is 3.03. The molecule has 3 aliphatic carbocycles. The summed E-state index contributed by atoms with van der Waals surface area (Å²) in [6.07, 6.45) is 1.33. The number of Topliss-reactive ketones (excluding diaryl/α,β-unsaturated/α-hetero) is 4. The highest BCUT2D eigenvalue weighted by atomic mass is 16.5. The molecular formula is C25H24N4O9. The summed E-state index contributed by atoms with van der Waals surface area (Å²) >= 11 is 0. The molecule has 5 rings (SSSR count). The van der Waals surface area contributed by atoms with Gasteiger partial charge in [-0.1, -0.05) is 11.2 Å². The van der Waals surface area contributed by atoms with Crippen molar-refractivity contribution in [3.63, 3.8) is 0 Å². The molecule has 0 aliphatic heterocycles. The Balaban J connectivity index is 1.55. The highest BCUT2D eigenvalue weighted by molar-refractivity contribution is 6.32. The summed E-state index contributed by atoms with van der Waals surface area (Å²) in [5.41, 5.74) is 2.54. The van der Waals surface area contributed by atoms with Crippen molar-refractivity contribution in [1.82, 2.24) is 10.1 Å². The van der Waals surface area contributed by atoms with E-state index in [9.17, 15) is 39.0 Å². The number of aliphatic hydroxyl groups is 1. The summed E-state index contributed by atoms with van der Waals surface area (Å²) in [4.78, 5) is 79.6. The Kier molecular flexibility index (Phi) is 5.80. The average Bonchev–Trinajstić information content (AvgIpc) is 3.38. The van der Waals surface area contributed by atoms with E-state index in [1.165, 1.54) is 43.4 Å². The van der Waals surface area contributed by atoms with Gasteiger partial charge in [-0.3, -0.25) is 33.7 Å². The number of primary amides is 1. The Hall–Kier alpha value is -4.23. The number of rotatable bonds is 4. The Morgan fingerprint density at radius 1 is 1.16 bits per heavy atom. The maximum atomic E-state index is 13.8. The van der Waals surface area contributed by atoms with Gasteiger partial charge in [0.25, 0.3) is 5.91 Å². The number of benzene rings is 1. The van der Waals surface area contributed by atoms with Crippen LogP contribution in [0, 0.1) is 23.7 Å². The predicted molar refractivity (Wildman–Crippen MR) is 126 cm³/mol. The lowest BCUT2D eigenvalue weighted by atomic mass is 9.52. The third-order valence-corrected chi connectivity index (χ3v) is 7.84. The van der Waals surface area contributed by atoms with Crippen molar-refractivity contribution in [2.45, 2.75) is 24.5 Å². The minimum atomic E-state index is -2.80. The van der Waals surface area contributed by atoms with Crippen molar-refractivity contribution >= 4 is 40.6 Å². The first-order valence-electron chi connectivity index (χ1n) is 11.8. The number of fused-ring (bicyclic) bond motifs is 3. The minimum Gasteiger partial charge on any atom is -0.505 e. The highest BCUT2D eigenvalue weighted by Gasteiger charge is 2.69. The number of nitrogens with two attached hydrogens (primary N) is 1. The van der Waals surface area contributed by atoms with Crippen LogP contribution in [-0.4, -0.2) is 81.0 Å². The molecule has 38 heavy (non-hydrogen) atoms. The number of hydrogen-bond donors (Lipinski definition) is 4. The quantitative estimate of drug-likeness (QED) is 0.284. The number of phenols is 1. The zero-order chi connectivity index (χ0) is 27.7. The predicted octanol–water partition coefficient (Wildman–Crippen LogP) is -0.893. The number of likely N-dealkylation sites (N-methyl/N-ethyl adjacent to an activating group) is 1. The number of amides is 2. The zero-order valence-electron chi connectivity index (χ0n) is 20.3. The SMILES string of the molecule is CN(C)[C@H]1C(=O)C(C(N)=O)C(=O)[C@]2(O)C(=O)C3C(=O)c4c(ccc(NC(=O)c5ccno5)c4O)C[C@@H]3C[C@H]12. The zero-order valence-corrected chi connectivity index (χ0v) is 20.3. The highest BCUT2D eigenvalue weighted by Crippen LogP contribution is 2.51. The van der Waals surface area contributed by atoms with Gasteiger partial charge >= 0.3 is 0 Å². The summed E-state index contributed by atoms with van der Waals surface area (Å²) < 4.78 is 4.78. The van der Waals surface area contributed by atoms with Gasteiger partial charge in [-0.25, -0.2) is 0 Å². The van der Waals surface area contributed by atoms with E-state index >= 15 is 0 Å². The molecule has 1 heterocycles. The molecule has 2 unspecified atom stereocenters. The fourth-order valence-electron chi connectivity index (χ4n) is 6.20. The lowest BCUT2D eigenvalue weighted by molar-refractivity contribution is -0.181. The van der Waals surface area contributed by atoms with Crippen molar-refractivity contribution in [2.24, 2.45) is 29.4 Å². The first-order valence-corrected chi connectivity index (χ1v) is 11.8. The van der Waals surface area contributed by atoms with E-state index in [0.717, 1.165) is 0 Å². The topological polar surface area (TPSA) is 210 Å². The third-order valence-electron chi connectivity index (χ3n) is 7.84. The number of carbonyl (C=O) groups excluding carboxylic acids is 6. The Morgan fingerprint density at radius 2 is 1.87 bits per heavy atom. The summed E-state index contributed by atoms with van der Waals surface area (Å²) in [6.45, 7) is 0. The van der Waals surface area contributed by atoms with Crippen LogP contribution >= 0.6 is 0 Å². The first kappa shape index (κ1) is 25.4. The van der Waals surface area contributed by atoms with Gasteiger partial charge in [0.2, 0.25) is 11.7 Å². The molecule has 13 nitrogen and oxygen atoms in total. The molecule has 2 saturated carbocycles. The Labute approximate surface area is 214 Å². The molecule has 3 aliphatic rings. The second kappa shape index (κ2) is 8.67. The standard InChI is InChI=1S/C25H24N4O9/c1-29(2)17-11-8-10-7-9-3-4-12(28-24(36)13-5-6-27-38-13)18(30)14(9)19(31)15(10)21(33)25(11,37)22(34)16(20(17)32)23(26)35/h3-6,10-11,15-17,30,37H,7-8H2,1-2H3,(H2,26,35)(H,28,36)/t10-,11-,15?,16?,17-,25-/m1/s1. The maximum absolute atomic E-state index is 13.8. The van der Waals surface area contributed by atoms with Gasteiger partial charge in [0.15, 0.2) is 34.7 Å². The summed E-state index contributed by atoms with van der Waals surface area (Å²) in [5, 5.41) is 28.3. The van der Waals surface area contributed by atoms with Crippen LogP contribution < -0.4 is 11.1 Å². The van der Waals surface area contributed by atoms with Crippen LogP contribution in [0.3, 0.4) is 0 Å². The van der Waals surface area contributed by atoms with Crippen LogP contribution in [0.25, 0.3) is 0 Å². The van der Waals surface area contributed by atoms with Gasteiger partial charge in [0, 0.05) is 12.0 Å². The molecule has 2 fully saturated rings. The lowest BCUT2D eigenvalue weighted by Crippen LogP contribution is -2.74. The molecule has 1 aromatic carbocycles. The molecule has 13 heteroatoms. The number of nitrogens with zero attached hydrogens (tertiary/aromatic N) is 2.